The highest BCUT2D eigenvalue weighted by Gasteiger charge is 2.34. The molecule has 1 fully saturated rings. The Labute approximate surface area is 121 Å². The Kier molecular flexibility index (Phi) is 4.30. The van der Waals surface area contributed by atoms with E-state index >= 15 is 0 Å². The van der Waals surface area contributed by atoms with Crippen molar-refractivity contribution in [2.45, 2.75) is 23.9 Å². The zero-order valence-electron chi connectivity index (χ0n) is 11.1. The Morgan fingerprint density at radius 3 is 2.52 bits per heavy atom. The molecule has 1 saturated carbocycles. The number of benzene rings is 1. The zero-order valence-corrected chi connectivity index (χ0v) is 11.9. The SMILES string of the molecule is C#CCN(CC1CC1)S(=O)(=O)c1cccc(C(F)(F)F)c1. The summed E-state index contributed by atoms with van der Waals surface area (Å²) in [6.07, 6.45) is 2.41. The standard InChI is InChI=1S/C14H14F3NO2S/c1-2-8-18(10-11-6-7-11)21(19,20)13-5-3-4-12(9-13)14(15,16)17/h1,3-5,9,11H,6-8,10H2. The molecule has 0 aromatic heterocycles. The summed E-state index contributed by atoms with van der Waals surface area (Å²) < 4.78 is 64.0. The van der Waals surface area contributed by atoms with E-state index in [1.54, 1.807) is 0 Å². The molecule has 2 rings (SSSR count). The molecule has 1 aromatic carbocycles. The lowest BCUT2D eigenvalue weighted by molar-refractivity contribution is -0.137. The van der Waals surface area contributed by atoms with Gasteiger partial charge in [0.25, 0.3) is 0 Å². The van der Waals surface area contributed by atoms with Gasteiger partial charge in [-0.05, 0) is 37.0 Å². The molecule has 0 N–H and O–H groups in total. The first-order valence-electron chi connectivity index (χ1n) is 6.36. The summed E-state index contributed by atoms with van der Waals surface area (Å²) in [6, 6.07) is 3.72. The summed E-state index contributed by atoms with van der Waals surface area (Å²) in [5, 5.41) is 0. The second-order valence-electron chi connectivity index (χ2n) is 4.97. The minimum Gasteiger partial charge on any atom is -0.207 e. The van der Waals surface area contributed by atoms with Crippen molar-refractivity contribution in [2.75, 3.05) is 13.1 Å². The van der Waals surface area contributed by atoms with Gasteiger partial charge in [0.15, 0.2) is 0 Å². The minimum absolute atomic E-state index is 0.144. The number of sulfonamides is 1. The van der Waals surface area contributed by atoms with Crippen LogP contribution in [0.5, 0.6) is 0 Å². The summed E-state index contributed by atoms with van der Waals surface area (Å²) in [7, 11) is -4.01. The fourth-order valence-corrected chi connectivity index (χ4v) is 3.40. The van der Waals surface area contributed by atoms with E-state index < -0.39 is 21.8 Å². The van der Waals surface area contributed by atoms with Gasteiger partial charge in [0.05, 0.1) is 17.0 Å². The van der Waals surface area contributed by atoms with Crippen LogP contribution < -0.4 is 0 Å². The van der Waals surface area contributed by atoms with Crippen LogP contribution in [0.1, 0.15) is 18.4 Å². The number of alkyl halides is 3. The van der Waals surface area contributed by atoms with Gasteiger partial charge in [0, 0.05) is 6.54 Å². The fourth-order valence-electron chi connectivity index (χ4n) is 1.92. The van der Waals surface area contributed by atoms with E-state index in [2.05, 4.69) is 5.92 Å². The predicted molar refractivity (Wildman–Crippen MR) is 71.8 cm³/mol. The van der Waals surface area contributed by atoms with Crippen LogP contribution in [0.25, 0.3) is 0 Å². The normalized spacial score (nSPS) is 16.0. The highest BCUT2D eigenvalue weighted by Crippen LogP contribution is 2.33. The van der Waals surface area contributed by atoms with Gasteiger partial charge in [0.1, 0.15) is 0 Å². The van der Waals surface area contributed by atoms with E-state index in [-0.39, 0.29) is 23.9 Å². The Hall–Kier alpha value is -1.52. The summed E-state index contributed by atoms with van der Waals surface area (Å²) in [5.41, 5.74) is -0.990. The van der Waals surface area contributed by atoms with Crippen LogP contribution >= 0.6 is 0 Å². The monoisotopic (exact) mass is 317 g/mol. The molecule has 0 bridgehead atoms. The molecule has 0 spiro atoms. The van der Waals surface area contributed by atoms with E-state index in [0.29, 0.717) is 6.07 Å². The van der Waals surface area contributed by atoms with Crippen LogP contribution in [0.2, 0.25) is 0 Å². The lowest BCUT2D eigenvalue weighted by Gasteiger charge is -2.20. The van der Waals surface area contributed by atoms with Crippen LogP contribution in [0, 0.1) is 18.3 Å². The molecule has 0 heterocycles. The largest absolute Gasteiger partial charge is 0.416 e. The van der Waals surface area contributed by atoms with Crippen LogP contribution in [0.15, 0.2) is 29.2 Å². The third-order valence-electron chi connectivity index (χ3n) is 3.23. The molecule has 0 saturated heterocycles. The van der Waals surface area contributed by atoms with Crippen molar-refractivity contribution in [3.63, 3.8) is 0 Å². The van der Waals surface area contributed by atoms with Crippen molar-refractivity contribution in [1.29, 1.82) is 0 Å². The van der Waals surface area contributed by atoms with Crippen molar-refractivity contribution in [2.24, 2.45) is 5.92 Å². The van der Waals surface area contributed by atoms with Crippen molar-refractivity contribution in [3.8, 4) is 12.3 Å². The van der Waals surface area contributed by atoms with Crippen molar-refractivity contribution in [3.05, 3.63) is 29.8 Å². The Morgan fingerprint density at radius 1 is 1.33 bits per heavy atom. The lowest BCUT2D eigenvalue weighted by atomic mass is 10.2. The average molecular weight is 317 g/mol. The van der Waals surface area contributed by atoms with E-state index in [1.165, 1.54) is 0 Å². The van der Waals surface area contributed by atoms with Gasteiger partial charge >= 0.3 is 6.18 Å². The smallest absolute Gasteiger partial charge is 0.207 e. The number of hydrogen-bond donors (Lipinski definition) is 0. The van der Waals surface area contributed by atoms with Gasteiger partial charge in [-0.15, -0.1) is 6.42 Å². The van der Waals surface area contributed by atoms with Crippen LogP contribution in [-0.4, -0.2) is 25.8 Å². The molecular weight excluding hydrogens is 303 g/mol. The number of rotatable bonds is 5. The topological polar surface area (TPSA) is 37.4 Å². The maximum Gasteiger partial charge on any atom is 0.416 e. The van der Waals surface area contributed by atoms with Gasteiger partial charge in [-0.25, -0.2) is 8.42 Å². The van der Waals surface area contributed by atoms with Crippen LogP contribution in [-0.2, 0) is 16.2 Å². The molecule has 0 amide bonds. The molecule has 0 unspecified atom stereocenters. The fraction of sp³-hybridized carbons (Fsp3) is 0.429. The number of halogens is 3. The molecule has 7 heteroatoms. The summed E-state index contributed by atoms with van der Waals surface area (Å²) in [5.74, 6) is 2.50. The maximum atomic E-state index is 12.7. The van der Waals surface area contributed by atoms with Crippen molar-refractivity contribution >= 4 is 10.0 Å². The molecule has 1 aliphatic carbocycles. The summed E-state index contributed by atoms with van der Waals surface area (Å²) in [4.78, 5) is -0.381. The Morgan fingerprint density at radius 2 is 2.00 bits per heavy atom. The second kappa shape index (κ2) is 5.70. The number of terminal acetylenes is 1. The van der Waals surface area contributed by atoms with Crippen molar-refractivity contribution in [1.82, 2.24) is 4.31 Å². The molecule has 0 aliphatic heterocycles. The van der Waals surface area contributed by atoms with Crippen LogP contribution in [0.4, 0.5) is 13.2 Å². The molecule has 3 nitrogen and oxygen atoms in total. The average Bonchev–Trinajstić information content (AvgIpc) is 3.21. The zero-order chi connectivity index (χ0) is 15.7. The van der Waals surface area contributed by atoms with Gasteiger partial charge in [0.2, 0.25) is 10.0 Å². The lowest BCUT2D eigenvalue weighted by Crippen LogP contribution is -2.33. The molecule has 1 aliphatic rings. The van der Waals surface area contributed by atoms with Crippen molar-refractivity contribution < 1.29 is 21.6 Å². The van der Waals surface area contributed by atoms with Crippen LogP contribution in [0.3, 0.4) is 0 Å². The highest BCUT2D eigenvalue weighted by molar-refractivity contribution is 7.89. The van der Waals surface area contributed by atoms with Gasteiger partial charge in [-0.1, -0.05) is 12.0 Å². The Bertz CT molecular complexity index is 658. The first kappa shape index (κ1) is 15.9. The number of nitrogens with zero attached hydrogens (tertiary/aromatic N) is 1. The van der Waals surface area contributed by atoms with Gasteiger partial charge in [-0.2, -0.15) is 17.5 Å². The molecule has 0 radical (unpaired) electrons. The molecule has 114 valence electrons. The third kappa shape index (κ3) is 3.77. The Balaban J connectivity index is 2.35. The van der Waals surface area contributed by atoms with E-state index in [1.807, 2.05) is 0 Å². The highest BCUT2D eigenvalue weighted by atomic mass is 32.2. The molecule has 1 aromatic rings. The minimum atomic E-state index is -4.58. The van der Waals surface area contributed by atoms with Gasteiger partial charge < -0.3 is 0 Å². The molecular formula is C14H14F3NO2S. The van der Waals surface area contributed by atoms with E-state index in [0.717, 1.165) is 35.3 Å². The first-order valence-corrected chi connectivity index (χ1v) is 7.80. The second-order valence-corrected chi connectivity index (χ2v) is 6.91. The van der Waals surface area contributed by atoms with E-state index in [9.17, 15) is 21.6 Å². The van der Waals surface area contributed by atoms with E-state index in [4.69, 9.17) is 6.42 Å². The third-order valence-corrected chi connectivity index (χ3v) is 5.03. The quantitative estimate of drug-likeness (QED) is 0.783. The summed E-state index contributed by atoms with van der Waals surface area (Å²) in [6.45, 7) is 0.109. The van der Waals surface area contributed by atoms with Gasteiger partial charge in [-0.3, -0.25) is 0 Å². The summed E-state index contributed by atoms with van der Waals surface area (Å²) >= 11 is 0. The molecule has 0 atom stereocenters. The maximum absolute atomic E-state index is 12.7. The first-order chi connectivity index (χ1) is 9.75. The predicted octanol–water partition coefficient (Wildman–Crippen LogP) is 2.74. The number of hydrogen-bond acceptors (Lipinski definition) is 2. The molecule has 21 heavy (non-hydrogen) atoms.